The summed E-state index contributed by atoms with van der Waals surface area (Å²) in [6.45, 7) is 1.32. The Morgan fingerprint density at radius 2 is 2.13 bits per heavy atom. The number of likely N-dealkylation sites (N-methyl/N-ethyl adjacent to an activating group) is 1. The van der Waals surface area contributed by atoms with Gasteiger partial charge in [-0.25, -0.2) is 0 Å². The molecule has 4 heteroatoms. The molecule has 1 rings (SSSR count). The molecule has 0 bridgehead atoms. The second-order valence-corrected chi connectivity index (χ2v) is 4.33. The molecule has 0 aliphatic carbocycles. The molecular formula is C11H17BrN2O. The molecule has 0 radical (unpaired) electrons. The normalized spacial score (nSPS) is 13.1. The van der Waals surface area contributed by atoms with Gasteiger partial charge in [0.1, 0.15) is 0 Å². The van der Waals surface area contributed by atoms with Crippen LogP contribution in [-0.2, 0) is 0 Å². The average Bonchev–Trinajstić information content (AvgIpc) is 2.22. The highest BCUT2D eigenvalue weighted by Crippen LogP contribution is 2.25. The fourth-order valence-electron chi connectivity index (χ4n) is 1.60. The molecule has 0 saturated carbocycles. The lowest BCUT2D eigenvalue weighted by Crippen LogP contribution is -2.32. The Kier molecular flexibility index (Phi) is 5.25. The average molecular weight is 273 g/mol. The number of hydrogen-bond acceptors (Lipinski definition) is 3. The topological polar surface area (TPSA) is 49.5 Å². The largest absolute Gasteiger partial charge is 0.395 e. The van der Waals surface area contributed by atoms with Crippen molar-refractivity contribution in [3.05, 3.63) is 34.3 Å². The van der Waals surface area contributed by atoms with E-state index >= 15 is 0 Å². The fourth-order valence-corrected chi connectivity index (χ4v) is 2.15. The Morgan fingerprint density at radius 3 is 2.67 bits per heavy atom. The Balaban J connectivity index is 2.87. The first-order valence-corrected chi connectivity index (χ1v) is 5.75. The molecule has 0 heterocycles. The smallest absolute Gasteiger partial charge is 0.0558 e. The zero-order valence-electron chi connectivity index (χ0n) is 8.86. The Labute approximate surface area is 99.0 Å². The van der Waals surface area contributed by atoms with Crippen LogP contribution in [0.5, 0.6) is 0 Å². The van der Waals surface area contributed by atoms with E-state index in [-0.39, 0.29) is 12.6 Å². The summed E-state index contributed by atoms with van der Waals surface area (Å²) in [6, 6.07) is 8.18. The van der Waals surface area contributed by atoms with Gasteiger partial charge in [0.15, 0.2) is 0 Å². The quantitative estimate of drug-likeness (QED) is 0.852. The maximum absolute atomic E-state index is 8.90. The van der Waals surface area contributed by atoms with Crippen LogP contribution >= 0.6 is 15.9 Å². The predicted molar refractivity (Wildman–Crippen MR) is 65.7 cm³/mol. The number of nitrogens with two attached hydrogens (primary N) is 1. The molecule has 0 fully saturated rings. The molecule has 15 heavy (non-hydrogen) atoms. The molecule has 0 spiro atoms. The predicted octanol–water partition coefficient (Wildman–Crippen LogP) is 1.37. The molecule has 1 atom stereocenters. The zero-order valence-corrected chi connectivity index (χ0v) is 10.4. The first-order valence-electron chi connectivity index (χ1n) is 4.96. The van der Waals surface area contributed by atoms with E-state index in [0.29, 0.717) is 13.1 Å². The summed E-state index contributed by atoms with van der Waals surface area (Å²) < 4.78 is 1.06. The van der Waals surface area contributed by atoms with Gasteiger partial charge in [-0.05, 0) is 18.7 Å². The van der Waals surface area contributed by atoms with Gasteiger partial charge in [0.2, 0.25) is 0 Å². The second-order valence-electron chi connectivity index (χ2n) is 3.48. The minimum Gasteiger partial charge on any atom is -0.395 e. The molecule has 1 unspecified atom stereocenters. The number of hydrogen-bond donors (Lipinski definition) is 2. The van der Waals surface area contributed by atoms with Gasteiger partial charge in [0.25, 0.3) is 0 Å². The molecular weight excluding hydrogens is 256 g/mol. The third-order valence-electron chi connectivity index (χ3n) is 2.47. The number of benzene rings is 1. The summed E-state index contributed by atoms with van der Waals surface area (Å²) in [6.07, 6.45) is 0. The summed E-state index contributed by atoms with van der Waals surface area (Å²) in [5.41, 5.74) is 6.92. The van der Waals surface area contributed by atoms with Gasteiger partial charge in [0, 0.05) is 23.6 Å². The van der Waals surface area contributed by atoms with Crippen molar-refractivity contribution in [3.63, 3.8) is 0 Å². The van der Waals surface area contributed by atoms with Gasteiger partial charge in [-0.1, -0.05) is 34.1 Å². The number of aliphatic hydroxyl groups is 1. The van der Waals surface area contributed by atoms with Gasteiger partial charge in [-0.2, -0.15) is 0 Å². The molecule has 0 aliphatic rings. The SMILES string of the molecule is CN(CCO)C(CN)c1ccccc1Br. The summed E-state index contributed by atoms with van der Waals surface area (Å²) >= 11 is 3.51. The van der Waals surface area contributed by atoms with E-state index in [9.17, 15) is 0 Å². The van der Waals surface area contributed by atoms with Crippen LogP contribution in [0.3, 0.4) is 0 Å². The van der Waals surface area contributed by atoms with Crippen LogP contribution in [0.25, 0.3) is 0 Å². The first kappa shape index (κ1) is 12.6. The standard InChI is InChI=1S/C11H17BrN2O/c1-14(6-7-15)11(8-13)9-4-2-3-5-10(9)12/h2-5,11,15H,6-8,13H2,1H3. The highest BCUT2D eigenvalue weighted by atomic mass is 79.9. The second kappa shape index (κ2) is 6.23. The van der Waals surface area contributed by atoms with Gasteiger partial charge in [-0.15, -0.1) is 0 Å². The summed E-state index contributed by atoms with van der Waals surface area (Å²) in [7, 11) is 1.97. The highest BCUT2D eigenvalue weighted by Gasteiger charge is 2.16. The summed E-state index contributed by atoms with van der Waals surface area (Å²) in [4.78, 5) is 2.06. The molecule has 84 valence electrons. The molecule has 0 aromatic heterocycles. The van der Waals surface area contributed by atoms with Crippen molar-refractivity contribution >= 4 is 15.9 Å². The van der Waals surface area contributed by atoms with Gasteiger partial charge >= 0.3 is 0 Å². The van der Waals surface area contributed by atoms with Crippen molar-refractivity contribution in [2.75, 3.05) is 26.7 Å². The van der Waals surface area contributed by atoms with E-state index in [1.807, 2.05) is 25.2 Å². The van der Waals surface area contributed by atoms with Crippen molar-refractivity contribution in [2.24, 2.45) is 5.73 Å². The van der Waals surface area contributed by atoms with Crippen LogP contribution in [0.1, 0.15) is 11.6 Å². The van der Waals surface area contributed by atoms with Crippen LogP contribution in [0.15, 0.2) is 28.7 Å². The van der Waals surface area contributed by atoms with Crippen LogP contribution in [0.2, 0.25) is 0 Å². The lowest BCUT2D eigenvalue weighted by molar-refractivity contribution is 0.183. The van der Waals surface area contributed by atoms with Crippen molar-refractivity contribution in [1.29, 1.82) is 0 Å². The van der Waals surface area contributed by atoms with Crippen LogP contribution in [-0.4, -0.2) is 36.8 Å². The molecule has 1 aromatic rings. The van der Waals surface area contributed by atoms with Crippen molar-refractivity contribution in [2.45, 2.75) is 6.04 Å². The van der Waals surface area contributed by atoms with E-state index in [4.69, 9.17) is 10.8 Å². The first-order chi connectivity index (χ1) is 7.20. The summed E-state index contributed by atoms with van der Waals surface area (Å²) in [5, 5.41) is 8.90. The Hall–Kier alpha value is -0.420. The van der Waals surface area contributed by atoms with Gasteiger partial charge in [-0.3, -0.25) is 4.90 Å². The van der Waals surface area contributed by atoms with Gasteiger partial charge in [0.05, 0.1) is 6.61 Å². The van der Waals surface area contributed by atoms with E-state index in [2.05, 4.69) is 26.9 Å². The highest BCUT2D eigenvalue weighted by molar-refractivity contribution is 9.10. The van der Waals surface area contributed by atoms with E-state index in [0.717, 1.165) is 10.0 Å². The number of nitrogens with zero attached hydrogens (tertiary/aromatic N) is 1. The number of aliphatic hydroxyl groups excluding tert-OH is 1. The van der Waals surface area contributed by atoms with Crippen molar-refractivity contribution in [3.8, 4) is 0 Å². The fraction of sp³-hybridized carbons (Fsp3) is 0.455. The van der Waals surface area contributed by atoms with Crippen LogP contribution < -0.4 is 5.73 Å². The third-order valence-corrected chi connectivity index (χ3v) is 3.19. The van der Waals surface area contributed by atoms with E-state index < -0.39 is 0 Å². The van der Waals surface area contributed by atoms with Crippen molar-refractivity contribution < 1.29 is 5.11 Å². The van der Waals surface area contributed by atoms with Crippen molar-refractivity contribution in [1.82, 2.24) is 4.90 Å². The third kappa shape index (κ3) is 3.28. The minimum atomic E-state index is 0.146. The lowest BCUT2D eigenvalue weighted by Gasteiger charge is -2.27. The number of rotatable bonds is 5. The molecule has 3 N–H and O–H groups in total. The minimum absolute atomic E-state index is 0.146. The molecule has 3 nitrogen and oxygen atoms in total. The van der Waals surface area contributed by atoms with Crippen LogP contribution in [0.4, 0.5) is 0 Å². The van der Waals surface area contributed by atoms with Crippen LogP contribution in [0, 0.1) is 0 Å². The molecule has 1 aromatic carbocycles. The Bertz CT molecular complexity index is 306. The molecule has 0 saturated heterocycles. The molecule has 0 aliphatic heterocycles. The van der Waals surface area contributed by atoms with E-state index in [1.54, 1.807) is 0 Å². The maximum Gasteiger partial charge on any atom is 0.0558 e. The monoisotopic (exact) mass is 272 g/mol. The zero-order chi connectivity index (χ0) is 11.3. The molecule has 0 amide bonds. The lowest BCUT2D eigenvalue weighted by atomic mass is 10.1. The van der Waals surface area contributed by atoms with Gasteiger partial charge < -0.3 is 10.8 Å². The van der Waals surface area contributed by atoms with E-state index in [1.165, 1.54) is 0 Å². The summed E-state index contributed by atoms with van der Waals surface area (Å²) in [5.74, 6) is 0. The Morgan fingerprint density at radius 1 is 1.47 bits per heavy atom. The number of halogens is 1. The maximum atomic E-state index is 8.90.